The maximum atomic E-state index is 12.3. The molecule has 116 valence electrons. The van der Waals surface area contributed by atoms with Crippen LogP contribution in [0.4, 0.5) is 0 Å². The van der Waals surface area contributed by atoms with Crippen LogP contribution in [0.15, 0.2) is 57.2 Å². The number of rotatable bonds is 6. The van der Waals surface area contributed by atoms with E-state index in [0.717, 1.165) is 11.3 Å². The van der Waals surface area contributed by atoms with Gasteiger partial charge < -0.3 is 8.98 Å². The zero-order chi connectivity index (χ0) is 15.6. The summed E-state index contributed by atoms with van der Waals surface area (Å²) in [5.74, 6) is 0.557. The number of hydrogen-bond donors (Lipinski definition) is 1. The molecule has 3 aromatic rings. The first kappa shape index (κ1) is 15.0. The normalized spacial score (nSPS) is 13.3. The van der Waals surface area contributed by atoms with Crippen molar-refractivity contribution in [2.75, 3.05) is 6.54 Å². The van der Waals surface area contributed by atoms with Gasteiger partial charge in [0.1, 0.15) is 5.76 Å². The van der Waals surface area contributed by atoms with Crippen LogP contribution in [0.25, 0.3) is 0 Å². The molecule has 0 bridgehead atoms. The molecule has 3 aromatic heterocycles. The number of aryl methyl sites for hydroxylation is 1. The molecule has 8 heteroatoms. The Kier molecular flexibility index (Phi) is 4.14. The summed E-state index contributed by atoms with van der Waals surface area (Å²) in [5, 5.41) is 3.96. The second-order valence-electron chi connectivity index (χ2n) is 4.85. The first-order valence-electron chi connectivity index (χ1n) is 6.59. The largest absolute Gasteiger partial charge is 0.469 e. The van der Waals surface area contributed by atoms with E-state index in [-0.39, 0.29) is 17.5 Å². The van der Waals surface area contributed by atoms with Crippen molar-refractivity contribution in [2.24, 2.45) is 7.05 Å². The van der Waals surface area contributed by atoms with Crippen LogP contribution < -0.4 is 4.72 Å². The van der Waals surface area contributed by atoms with Crippen LogP contribution in [-0.2, 0) is 17.1 Å². The molecule has 3 heterocycles. The SMILES string of the molecule is Cn1cnc(S(=O)(=O)NCC(c2ccsc2)c2ccco2)c1. The van der Waals surface area contributed by atoms with E-state index in [0.29, 0.717) is 0 Å². The molecule has 0 saturated heterocycles. The topological polar surface area (TPSA) is 77.1 Å². The van der Waals surface area contributed by atoms with E-state index in [1.54, 1.807) is 35.3 Å². The molecule has 6 nitrogen and oxygen atoms in total. The molecule has 1 atom stereocenters. The molecule has 0 aliphatic heterocycles. The van der Waals surface area contributed by atoms with E-state index in [9.17, 15) is 8.42 Å². The first-order valence-corrected chi connectivity index (χ1v) is 9.02. The lowest BCUT2D eigenvalue weighted by Gasteiger charge is -2.14. The number of sulfonamides is 1. The van der Waals surface area contributed by atoms with Crippen molar-refractivity contribution >= 4 is 21.4 Å². The van der Waals surface area contributed by atoms with Gasteiger partial charge in [-0.3, -0.25) is 0 Å². The molecule has 22 heavy (non-hydrogen) atoms. The van der Waals surface area contributed by atoms with Gasteiger partial charge in [0.15, 0.2) is 5.03 Å². The van der Waals surface area contributed by atoms with Crippen molar-refractivity contribution < 1.29 is 12.8 Å². The molecule has 1 N–H and O–H groups in total. The highest BCUT2D eigenvalue weighted by molar-refractivity contribution is 7.89. The van der Waals surface area contributed by atoms with Crippen LogP contribution in [0.1, 0.15) is 17.2 Å². The molecule has 0 aliphatic carbocycles. The lowest BCUT2D eigenvalue weighted by Crippen LogP contribution is -2.29. The fraction of sp³-hybridized carbons (Fsp3) is 0.214. The van der Waals surface area contributed by atoms with E-state index >= 15 is 0 Å². The van der Waals surface area contributed by atoms with Gasteiger partial charge in [-0.25, -0.2) is 18.1 Å². The summed E-state index contributed by atoms with van der Waals surface area (Å²) in [7, 11) is -1.91. The Morgan fingerprint density at radius 1 is 1.45 bits per heavy atom. The quantitative estimate of drug-likeness (QED) is 0.748. The molecule has 0 aromatic carbocycles. The third-order valence-corrected chi connectivity index (χ3v) is 5.28. The summed E-state index contributed by atoms with van der Waals surface area (Å²) in [6.07, 6.45) is 4.51. The predicted molar refractivity (Wildman–Crippen MR) is 83.3 cm³/mol. The van der Waals surface area contributed by atoms with Crippen molar-refractivity contribution in [2.45, 2.75) is 10.9 Å². The molecular weight excluding hydrogens is 322 g/mol. The van der Waals surface area contributed by atoms with Crippen LogP contribution in [-0.4, -0.2) is 24.5 Å². The summed E-state index contributed by atoms with van der Waals surface area (Å²) >= 11 is 1.56. The van der Waals surface area contributed by atoms with Gasteiger partial charge in [-0.15, -0.1) is 0 Å². The Balaban J connectivity index is 1.80. The van der Waals surface area contributed by atoms with Crippen molar-refractivity contribution in [1.82, 2.24) is 14.3 Å². The van der Waals surface area contributed by atoms with E-state index in [4.69, 9.17) is 4.42 Å². The zero-order valence-corrected chi connectivity index (χ0v) is 13.5. The van der Waals surface area contributed by atoms with Crippen molar-refractivity contribution in [3.63, 3.8) is 0 Å². The lowest BCUT2D eigenvalue weighted by molar-refractivity contribution is 0.481. The van der Waals surface area contributed by atoms with Crippen LogP contribution in [0.5, 0.6) is 0 Å². The van der Waals surface area contributed by atoms with Crippen LogP contribution in [0, 0.1) is 0 Å². The molecular formula is C14H15N3O3S2. The Morgan fingerprint density at radius 2 is 2.32 bits per heavy atom. The van der Waals surface area contributed by atoms with Gasteiger partial charge in [0.05, 0.1) is 18.5 Å². The number of hydrogen-bond acceptors (Lipinski definition) is 5. The summed E-state index contributed by atoms with van der Waals surface area (Å²) in [5.41, 5.74) is 1.02. The highest BCUT2D eigenvalue weighted by Gasteiger charge is 2.23. The summed E-state index contributed by atoms with van der Waals surface area (Å²) < 4.78 is 34.2. The molecule has 0 aliphatic rings. The second kappa shape index (κ2) is 6.07. The monoisotopic (exact) mass is 337 g/mol. The van der Waals surface area contributed by atoms with Crippen molar-refractivity contribution in [3.05, 3.63) is 59.1 Å². The van der Waals surface area contributed by atoms with Crippen molar-refractivity contribution in [1.29, 1.82) is 0 Å². The van der Waals surface area contributed by atoms with Crippen LogP contribution >= 0.6 is 11.3 Å². The summed E-state index contributed by atoms with van der Waals surface area (Å²) in [4.78, 5) is 3.88. The average molecular weight is 337 g/mol. The highest BCUT2D eigenvalue weighted by Crippen LogP contribution is 2.26. The van der Waals surface area contributed by atoms with Gasteiger partial charge in [0.2, 0.25) is 0 Å². The fourth-order valence-corrected chi connectivity index (χ4v) is 3.88. The van der Waals surface area contributed by atoms with Gasteiger partial charge in [0, 0.05) is 19.8 Å². The number of thiophene rings is 1. The van der Waals surface area contributed by atoms with Gasteiger partial charge in [-0.05, 0) is 34.5 Å². The van der Waals surface area contributed by atoms with Gasteiger partial charge in [-0.2, -0.15) is 11.3 Å². The first-order chi connectivity index (χ1) is 10.6. The Bertz CT molecular complexity index is 786. The molecule has 0 amide bonds. The van der Waals surface area contributed by atoms with E-state index in [1.807, 2.05) is 22.9 Å². The van der Waals surface area contributed by atoms with E-state index in [1.165, 1.54) is 12.5 Å². The van der Waals surface area contributed by atoms with Crippen LogP contribution in [0.2, 0.25) is 0 Å². The third-order valence-electron chi connectivity index (χ3n) is 3.27. The molecule has 0 fully saturated rings. The molecule has 3 rings (SSSR count). The fourth-order valence-electron chi connectivity index (χ4n) is 2.14. The maximum absolute atomic E-state index is 12.3. The highest BCUT2D eigenvalue weighted by atomic mass is 32.2. The lowest BCUT2D eigenvalue weighted by atomic mass is 10.00. The number of imidazole rings is 1. The van der Waals surface area contributed by atoms with Gasteiger partial charge in [-0.1, -0.05) is 0 Å². The minimum Gasteiger partial charge on any atom is -0.469 e. The zero-order valence-electron chi connectivity index (χ0n) is 11.8. The Hall–Kier alpha value is -1.90. The second-order valence-corrected chi connectivity index (χ2v) is 7.35. The molecule has 1 unspecified atom stereocenters. The minimum atomic E-state index is -3.64. The van der Waals surface area contributed by atoms with Gasteiger partial charge in [0.25, 0.3) is 10.0 Å². The van der Waals surface area contributed by atoms with E-state index < -0.39 is 10.0 Å². The number of furan rings is 1. The smallest absolute Gasteiger partial charge is 0.259 e. The van der Waals surface area contributed by atoms with Crippen LogP contribution in [0.3, 0.4) is 0 Å². The average Bonchev–Trinajstić information content (AvgIpc) is 3.20. The maximum Gasteiger partial charge on any atom is 0.259 e. The Labute approximate surface area is 132 Å². The standard InChI is InChI=1S/C14H15N3O3S2/c1-17-8-14(15-10-17)22(18,19)16-7-12(11-4-6-21-9-11)13-3-2-5-20-13/h2-6,8-10,12,16H,7H2,1H3. The summed E-state index contributed by atoms with van der Waals surface area (Å²) in [6, 6.07) is 5.60. The van der Waals surface area contributed by atoms with E-state index in [2.05, 4.69) is 9.71 Å². The molecule has 0 saturated carbocycles. The summed E-state index contributed by atoms with van der Waals surface area (Å²) in [6.45, 7) is 0.211. The molecule has 0 spiro atoms. The number of nitrogens with zero attached hydrogens (tertiary/aromatic N) is 2. The van der Waals surface area contributed by atoms with Crippen molar-refractivity contribution in [3.8, 4) is 0 Å². The Morgan fingerprint density at radius 3 is 2.91 bits per heavy atom. The predicted octanol–water partition coefficient (Wildman–Crippen LogP) is 2.18. The third kappa shape index (κ3) is 3.13. The number of aromatic nitrogens is 2. The molecule has 0 radical (unpaired) electrons. The minimum absolute atomic E-state index is 0.0125. The number of nitrogens with one attached hydrogen (secondary N) is 1. The van der Waals surface area contributed by atoms with Gasteiger partial charge >= 0.3 is 0 Å².